The Balaban J connectivity index is 2.95. The molecule has 0 fully saturated rings. The van der Waals surface area contributed by atoms with Crippen LogP contribution in [-0.4, -0.2) is 12.5 Å². The van der Waals surface area contributed by atoms with Crippen molar-refractivity contribution in [3.63, 3.8) is 0 Å². The van der Waals surface area contributed by atoms with Gasteiger partial charge in [-0.15, -0.1) is 0 Å². The van der Waals surface area contributed by atoms with Crippen LogP contribution in [0.2, 0.25) is 0 Å². The van der Waals surface area contributed by atoms with Gasteiger partial charge in [0.05, 0.1) is 0 Å². The summed E-state index contributed by atoms with van der Waals surface area (Å²) in [7, 11) is 0. The Hall–Kier alpha value is -1.35. The molecule has 0 saturated heterocycles. The number of amides is 1. The summed E-state index contributed by atoms with van der Waals surface area (Å²) in [6, 6.07) is 4.16. The third kappa shape index (κ3) is 3.33. The summed E-state index contributed by atoms with van der Waals surface area (Å²) in [6.45, 7) is 10.5. The van der Waals surface area contributed by atoms with E-state index in [1.165, 1.54) is 5.56 Å². The first kappa shape index (κ1) is 14.7. The predicted molar refractivity (Wildman–Crippen MR) is 76.7 cm³/mol. The largest absolute Gasteiger partial charge is 0.330 e. The number of benzene rings is 1. The highest BCUT2D eigenvalue weighted by Gasteiger charge is 2.27. The van der Waals surface area contributed by atoms with Crippen LogP contribution in [0.4, 0.5) is 5.69 Å². The lowest BCUT2D eigenvalue weighted by Crippen LogP contribution is -2.33. The van der Waals surface area contributed by atoms with Crippen LogP contribution in [0.15, 0.2) is 12.1 Å². The van der Waals surface area contributed by atoms with E-state index in [1.807, 2.05) is 27.7 Å². The van der Waals surface area contributed by atoms with Crippen molar-refractivity contribution < 1.29 is 4.79 Å². The molecule has 0 atom stereocenters. The van der Waals surface area contributed by atoms with E-state index >= 15 is 0 Å². The lowest BCUT2D eigenvalue weighted by molar-refractivity contribution is -0.124. The molecule has 0 radical (unpaired) electrons. The predicted octanol–water partition coefficient (Wildman–Crippen LogP) is 2.93. The van der Waals surface area contributed by atoms with Crippen molar-refractivity contribution in [2.75, 3.05) is 11.9 Å². The topological polar surface area (TPSA) is 55.1 Å². The number of nitrogens with two attached hydrogens (primary N) is 1. The lowest BCUT2D eigenvalue weighted by Gasteiger charge is -2.24. The molecule has 0 heterocycles. The first-order valence-corrected chi connectivity index (χ1v) is 6.37. The molecule has 0 aliphatic heterocycles. The molecule has 1 aromatic rings. The standard InChI is InChI=1S/C15H24N2O/c1-10-8-11(2)13(12(3)9-10)17-14(18)15(4,5)6-7-16/h8-9H,6-7,16H2,1-5H3,(H,17,18). The van der Waals surface area contributed by atoms with Gasteiger partial charge in [-0.3, -0.25) is 4.79 Å². The smallest absolute Gasteiger partial charge is 0.230 e. The Morgan fingerprint density at radius 3 is 2.17 bits per heavy atom. The van der Waals surface area contributed by atoms with Gasteiger partial charge in [-0.2, -0.15) is 0 Å². The highest BCUT2D eigenvalue weighted by Crippen LogP contribution is 2.26. The molecular weight excluding hydrogens is 224 g/mol. The van der Waals surface area contributed by atoms with Crippen LogP contribution in [-0.2, 0) is 4.79 Å². The molecule has 1 rings (SSSR count). The highest BCUT2D eigenvalue weighted by molar-refractivity contribution is 5.96. The summed E-state index contributed by atoms with van der Waals surface area (Å²) in [4.78, 5) is 12.2. The Morgan fingerprint density at radius 1 is 1.22 bits per heavy atom. The second-order valence-electron chi connectivity index (χ2n) is 5.65. The van der Waals surface area contributed by atoms with Gasteiger partial charge in [0.15, 0.2) is 0 Å². The van der Waals surface area contributed by atoms with E-state index in [-0.39, 0.29) is 5.91 Å². The van der Waals surface area contributed by atoms with Crippen molar-refractivity contribution in [3.05, 3.63) is 28.8 Å². The van der Waals surface area contributed by atoms with Crippen molar-refractivity contribution >= 4 is 11.6 Å². The Morgan fingerprint density at radius 2 is 1.72 bits per heavy atom. The van der Waals surface area contributed by atoms with Gasteiger partial charge >= 0.3 is 0 Å². The summed E-state index contributed by atoms with van der Waals surface area (Å²) in [5.41, 5.74) is 9.45. The van der Waals surface area contributed by atoms with Gasteiger partial charge in [0, 0.05) is 11.1 Å². The lowest BCUT2D eigenvalue weighted by atomic mass is 9.88. The number of anilines is 1. The zero-order chi connectivity index (χ0) is 13.9. The van der Waals surface area contributed by atoms with Crippen LogP contribution in [0.1, 0.15) is 37.0 Å². The number of hydrogen-bond acceptors (Lipinski definition) is 2. The monoisotopic (exact) mass is 248 g/mol. The normalized spacial score (nSPS) is 11.4. The van der Waals surface area contributed by atoms with Gasteiger partial charge in [-0.25, -0.2) is 0 Å². The van der Waals surface area contributed by atoms with E-state index in [0.717, 1.165) is 16.8 Å². The molecule has 1 amide bonds. The average Bonchev–Trinajstić information content (AvgIpc) is 2.22. The van der Waals surface area contributed by atoms with Crippen molar-refractivity contribution in [1.29, 1.82) is 0 Å². The fourth-order valence-electron chi connectivity index (χ4n) is 2.13. The maximum Gasteiger partial charge on any atom is 0.230 e. The van der Waals surface area contributed by atoms with Crippen LogP contribution in [0, 0.1) is 26.2 Å². The summed E-state index contributed by atoms with van der Waals surface area (Å²) in [6.07, 6.45) is 0.683. The zero-order valence-corrected chi connectivity index (χ0v) is 12.1. The van der Waals surface area contributed by atoms with Crippen LogP contribution in [0.3, 0.4) is 0 Å². The van der Waals surface area contributed by atoms with Crippen molar-refractivity contribution in [1.82, 2.24) is 0 Å². The maximum atomic E-state index is 12.2. The maximum absolute atomic E-state index is 12.2. The molecule has 18 heavy (non-hydrogen) atoms. The summed E-state index contributed by atoms with van der Waals surface area (Å²) in [5.74, 6) is 0.0306. The zero-order valence-electron chi connectivity index (χ0n) is 12.1. The molecule has 100 valence electrons. The Kier molecular flexibility index (Phi) is 4.52. The Labute approximate surface area is 110 Å². The van der Waals surface area contributed by atoms with E-state index in [9.17, 15) is 4.79 Å². The van der Waals surface area contributed by atoms with Crippen LogP contribution in [0.25, 0.3) is 0 Å². The number of carbonyl (C=O) groups excluding carboxylic acids is 1. The quantitative estimate of drug-likeness (QED) is 0.860. The van der Waals surface area contributed by atoms with Gasteiger partial charge in [0.2, 0.25) is 5.91 Å². The van der Waals surface area contributed by atoms with E-state index in [1.54, 1.807) is 0 Å². The van der Waals surface area contributed by atoms with Crippen LogP contribution < -0.4 is 11.1 Å². The second-order valence-corrected chi connectivity index (χ2v) is 5.65. The Bertz CT molecular complexity index is 427. The molecule has 0 bridgehead atoms. The third-order valence-electron chi connectivity index (χ3n) is 3.30. The fraction of sp³-hybridized carbons (Fsp3) is 0.533. The summed E-state index contributed by atoms with van der Waals surface area (Å²) < 4.78 is 0. The van der Waals surface area contributed by atoms with E-state index < -0.39 is 5.41 Å². The number of aryl methyl sites for hydroxylation is 3. The van der Waals surface area contributed by atoms with E-state index in [4.69, 9.17) is 5.73 Å². The summed E-state index contributed by atoms with van der Waals surface area (Å²) >= 11 is 0. The van der Waals surface area contributed by atoms with Crippen LogP contribution >= 0.6 is 0 Å². The minimum absolute atomic E-state index is 0.0306. The highest BCUT2D eigenvalue weighted by atomic mass is 16.2. The molecule has 0 aliphatic rings. The number of carbonyl (C=O) groups is 1. The molecule has 0 aromatic heterocycles. The first-order valence-electron chi connectivity index (χ1n) is 6.37. The van der Waals surface area contributed by atoms with Gasteiger partial charge in [-0.1, -0.05) is 31.5 Å². The van der Waals surface area contributed by atoms with Gasteiger partial charge < -0.3 is 11.1 Å². The molecular formula is C15H24N2O. The molecule has 0 aliphatic carbocycles. The van der Waals surface area contributed by atoms with E-state index in [2.05, 4.69) is 24.4 Å². The summed E-state index contributed by atoms with van der Waals surface area (Å²) in [5, 5.41) is 3.04. The minimum Gasteiger partial charge on any atom is -0.330 e. The van der Waals surface area contributed by atoms with Crippen molar-refractivity contribution in [3.8, 4) is 0 Å². The molecule has 0 saturated carbocycles. The van der Waals surface area contributed by atoms with Gasteiger partial charge in [0.25, 0.3) is 0 Å². The fourth-order valence-corrected chi connectivity index (χ4v) is 2.13. The molecule has 0 spiro atoms. The van der Waals surface area contributed by atoms with Crippen molar-refractivity contribution in [2.45, 2.75) is 41.0 Å². The second kappa shape index (κ2) is 5.53. The number of rotatable bonds is 4. The molecule has 0 unspecified atom stereocenters. The average molecular weight is 248 g/mol. The first-order chi connectivity index (χ1) is 8.27. The van der Waals surface area contributed by atoms with Gasteiger partial charge in [-0.05, 0) is 44.9 Å². The molecule has 3 N–H and O–H groups in total. The molecule has 1 aromatic carbocycles. The van der Waals surface area contributed by atoms with Crippen molar-refractivity contribution in [2.24, 2.45) is 11.1 Å². The molecule has 3 nitrogen and oxygen atoms in total. The SMILES string of the molecule is Cc1cc(C)c(NC(=O)C(C)(C)CCN)c(C)c1. The number of nitrogens with one attached hydrogen (secondary N) is 1. The van der Waals surface area contributed by atoms with E-state index in [0.29, 0.717) is 13.0 Å². The van der Waals surface area contributed by atoms with Gasteiger partial charge in [0.1, 0.15) is 0 Å². The minimum atomic E-state index is -0.432. The van der Waals surface area contributed by atoms with Crippen LogP contribution in [0.5, 0.6) is 0 Å². The number of hydrogen-bond donors (Lipinski definition) is 2. The third-order valence-corrected chi connectivity index (χ3v) is 3.30. The molecule has 3 heteroatoms.